The standard InChI is InChI=1S/C37H46ClNO4/c1-36(2,3)42-34(40)26-25-33(39)35(41)43-37(29-17-11-8-12-18-29,31-19-13-14-20-32(31)38)30-23-21-28(22-24-30)27-15-9-6-4-5-7-10-16-27/h8,11-14,17-24,27,33H,4-7,9-10,15-16,25-26,39H2,1-3H3/t33-,37?/m0/s1. The molecule has 1 saturated carbocycles. The van der Waals surface area contributed by atoms with E-state index in [1.807, 2.05) is 48.5 Å². The summed E-state index contributed by atoms with van der Waals surface area (Å²) in [5.41, 5.74) is 7.89. The smallest absolute Gasteiger partial charge is 0.324 e. The number of carbonyl (C=O) groups excluding carboxylic acids is 2. The third-order valence-corrected chi connectivity index (χ3v) is 8.54. The average molecular weight is 604 g/mol. The summed E-state index contributed by atoms with van der Waals surface area (Å²) in [6.45, 7) is 5.42. The number of hydrogen-bond acceptors (Lipinski definition) is 5. The number of rotatable bonds is 9. The summed E-state index contributed by atoms with van der Waals surface area (Å²) < 4.78 is 11.9. The normalized spacial score (nSPS) is 17.0. The Labute approximate surface area is 262 Å². The van der Waals surface area contributed by atoms with Crippen molar-refractivity contribution in [1.29, 1.82) is 0 Å². The number of ether oxygens (including phenoxy) is 2. The predicted molar refractivity (Wildman–Crippen MR) is 173 cm³/mol. The third kappa shape index (κ3) is 8.70. The zero-order valence-electron chi connectivity index (χ0n) is 25.8. The van der Waals surface area contributed by atoms with Gasteiger partial charge in [0.15, 0.2) is 5.60 Å². The van der Waals surface area contributed by atoms with Gasteiger partial charge in [-0.05, 0) is 57.6 Å². The number of carbonyl (C=O) groups is 2. The van der Waals surface area contributed by atoms with Crippen molar-refractivity contribution in [2.75, 3.05) is 0 Å². The first kappa shape index (κ1) is 32.8. The summed E-state index contributed by atoms with van der Waals surface area (Å²) in [6, 6.07) is 24.6. The van der Waals surface area contributed by atoms with E-state index in [2.05, 4.69) is 24.3 Å². The first-order valence-electron chi connectivity index (χ1n) is 15.7. The molecule has 230 valence electrons. The lowest BCUT2D eigenvalue weighted by atomic mass is 9.78. The van der Waals surface area contributed by atoms with E-state index in [-0.39, 0.29) is 12.8 Å². The van der Waals surface area contributed by atoms with Gasteiger partial charge in [-0.15, -0.1) is 0 Å². The molecule has 1 unspecified atom stereocenters. The minimum Gasteiger partial charge on any atom is -0.460 e. The molecule has 0 aromatic heterocycles. The maximum Gasteiger partial charge on any atom is 0.324 e. The van der Waals surface area contributed by atoms with Crippen molar-refractivity contribution in [3.8, 4) is 0 Å². The zero-order chi connectivity index (χ0) is 30.9. The minimum absolute atomic E-state index is 0.00799. The van der Waals surface area contributed by atoms with Crippen LogP contribution in [0.25, 0.3) is 0 Å². The molecule has 2 atom stereocenters. The van der Waals surface area contributed by atoms with Gasteiger partial charge in [0.2, 0.25) is 0 Å². The fraction of sp³-hybridized carbons (Fsp3) is 0.459. The van der Waals surface area contributed by atoms with Gasteiger partial charge in [-0.3, -0.25) is 9.59 Å². The van der Waals surface area contributed by atoms with Gasteiger partial charge in [-0.2, -0.15) is 0 Å². The number of hydrogen-bond donors (Lipinski definition) is 1. The second kappa shape index (κ2) is 15.0. The van der Waals surface area contributed by atoms with Crippen LogP contribution >= 0.6 is 11.6 Å². The van der Waals surface area contributed by atoms with Crippen molar-refractivity contribution in [3.63, 3.8) is 0 Å². The number of esters is 2. The summed E-state index contributed by atoms with van der Waals surface area (Å²) in [4.78, 5) is 26.1. The molecule has 0 aliphatic heterocycles. The van der Waals surface area contributed by atoms with Gasteiger partial charge in [-0.25, -0.2) is 0 Å². The van der Waals surface area contributed by atoms with Gasteiger partial charge >= 0.3 is 11.9 Å². The molecule has 6 heteroatoms. The van der Waals surface area contributed by atoms with Crippen LogP contribution in [0.15, 0.2) is 78.9 Å². The van der Waals surface area contributed by atoms with Crippen molar-refractivity contribution in [2.45, 2.75) is 108 Å². The fourth-order valence-electron chi connectivity index (χ4n) is 6.04. The molecule has 4 rings (SSSR count). The minimum atomic E-state index is -1.35. The maximum atomic E-state index is 13.8. The van der Waals surface area contributed by atoms with E-state index in [0.717, 1.165) is 11.1 Å². The molecule has 1 aliphatic carbocycles. The Bertz CT molecular complexity index is 1320. The fourth-order valence-corrected chi connectivity index (χ4v) is 6.31. The third-order valence-electron chi connectivity index (χ3n) is 8.21. The maximum absolute atomic E-state index is 13.8. The SMILES string of the molecule is CC(C)(C)OC(=O)CC[C@H](N)C(=O)OC(c1ccccc1)(c1ccc(C2CCCCCCCC2)cc1)c1ccccc1Cl. The van der Waals surface area contributed by atoms with Crippen LogP contribution < -0.4 is 5.73 Å². The highest BCUT2D eigenvalue weighted by atomic mass is 35.5. The Balaban J connectivity index is 1.72. The lowest BCUT2D eigenvalue weighted by molar-refractivity contribution is -0.157. The van der Waals surface area contributed by atoms with Gasteiger partial charge in [0, 0.05) is 28.1 Å². The van der Waals surface area contributed by atoms with E-state index < -0.39 is 29.2 Å². The van der Waals surface area contributed by atoms with Crippen LogP contribution in [0.5, 0.6) is 0 Å². The van der Waals surface area contributed by atoms with E-state index >= 15 is 0 Å². The summed E-state index contributed by atoms with van der Waals surface area (Å²) in [5, 5.41) is 0.474. The second-order valence-electron chi connectivity index (χ2n) is 12.7. The van der Waals surface area contributed by atoms with Crippen molar-refractivity contribution >= 4 is 23.5 Å². The second-order valence-corrected chi connectivity index (χ2v) is 13.1. The summed E-state index contributed by atoms with van der Waals surface area (Å²) >= 11 is 6.85. The summed E-state index contributed by atoms with van der Waals surface area (Å²) in [5.74, 6) is -0.508. The van der Waals surface area contributed by atoms with E-state index in [9.17, 15) is 9.59 Å². The summed E-state index contributed by atoms with van der Waals surface area (Å²) in [7, 11) is 0. The molecule has 1 fully saturated rings. The Hall–Kier alpha value is -3.15. The van der Waals surface area contributed by atoms with Gasteiger partial charge in [0.05, 0.1) is 0 Å². The molecular formula is C37H46ClNO4. The average Bonchev–Trinajstić information content (AvgIpc) is 3.13. The Kier molecular flexibility index (Phi) is 11.5. The molecule has 0 saturated heterocycles. The Morgan fingerprint density at radius 2 is 1.35 bits per heavy atom. The van der Waals surface area contributed by atoms with E-state index in [1.54, 1.807) is 26.8 Å². The highest BCUT2D eigenvalue weighted by Gasteiger charge is 2.43. The lowest BCUT2D eigenvalue weighted by Crippen LogP contribution is -2.42. The van der Waals surface area contributed by atoms with Crippen LogP contribution in [0.3, 0.4) is 0 Å². The van der Waals surface area contributed by atoms with Crippen LogP contribution in [0.4, 0.5) is 0 Å². The first-order valence-corrected chi connectivity index (χ1v) is 16.1. The molecule has 43 heavy (non-hydrogen) atoms. The molecule has 1 aliphatic rings. The molecule has 3 aromatic carbocycles. The monoisotopic (exact) mass is 603 g/mol. The lowest BCUT2D eigenvalue weighted by Gasteiger charge is -2.37. The van der Waals surface area contributed by atoms with Crippen molar-refractivity contribution in [3.05, 3.63) is 106 Å². The molecular weight excluding hydrogens is 558 g/mol. The molecule has 5 nitrogen and oxygen atoms in total. The topological polar surface area (TPSA) is 78.6 Å². The van der Waals surface area contributed by atoms with Crippen LogP contribution in [0.1, 0.15) is 113 Å². The number of nitrogens with two attached hydrogens (primary N) is 1. The first-order chi connectivity index (χ1) is 20.6. The highest BCUT2D eigenvalue weighted by molar-refractivity contribution is 6.31. The quantitative estimate of drug-likeness (QED) is 0.195. The van der Waals surface area contributed by atoms with Gasteiger partial charge < -0.3 is 15.2 Å². The summed E-state index contributed by atoms with van der Waals surface area (Å²) in [6.07, 6.45) is 10.2. The van der Waals surface area contributed by atoms with E-state index in [1.165, 1.54) is 56.9 Å². The van der Waals surface area contributed by atoms with Crippen LogP contribution in [0, 0.1) is 0 Å². The van der Waals surface area contributed by atoms with Gasteiger partial charge in [0.25, 0.3) is 0 Å². The molecule has 0 heterocycles. The zero-order valence-corrected chi connectivity index (χ0v) is 26.6. The van der Waals surface area contributed by atoms with Crippen molar-refractivity contribution in [2.24, 2.45) is 5.73 Å². The largest absolute Gasteiger partial charge is 0.460 e. The van der Waals surface area contributed by atoms with Crippen LogP contribution in [-0.2, 0) is 24.7 Å². The van der Waals surface area contributed by atoms with E-state index in [4.69, 9.17) is 26.8 Å². The van der Waals surface area contributed by atoms with Crippen molar-refractivity contribution < 1.29 is 19.1 Å². The van der Waals surface area contributed by atoms with E-state index in [0.29, 0.717) is 16.5 Å². The van der Waals surface area contributed by atoms with Gasteiger partial charge in [-0.1, -0.05) is 123 Å². The molecule has 0 spiro atoms. The van der Waals surface area contributed by atoms with Crippen LogP contribution in [-0.4, -0.2) is 23.6 Å². The Morgan fingerprint density at radius 1 is 0.791 bits per heavy atom. The number of halogens is 1. The molecule has 0 bridgehead atoms. The molecule has 0 radical (unpaired) electrons. The molecule has 0 amide bonds. The Morgan fingerprint density at radius 3 is 1.95 bits per heavy atom. The number of benzene rings is 3. The van der Waals surface area contributed by atoms with Crippen molar-refractivity contribution in [1.82, 2.24) is 0 Å². The predicted octanol–water partition coefficient (Wildman–Crippen LogP) is 8.84. The molecule has 2 N–H and O–H groups in total. The highest BCUT2D eigenvalue weighted by Crippen LogP contribution is 2.44. The molecule has 3 aromatic rings. The van der Waals surface area contributed by atoms with Crippen LogP contribution in [0.2, 0.25) is 5.02 Å². The van der Waals surface area contributed by atoms with Gasteiger partial charge in [0.1, 0.15) is 11.6 Å².